The molecule has 0 amide bonds. The summed E-state index contributed by atoms with van der Waals surface area (Å²) in [5.41, 5.74) is 6.20. The summed E-state index contributed by atoms with van der Waals surface area (Å²) in [7, 11) is 0. The zero-order chi connectivity index (χ0) is 6.85. The number of benzene rings is 1. The normalized spacial score (nSPS) is 8.60. The smallest absolute Gasteiger partial charge is 0.0450 e. The van der Waals surface area contributed by atoms with Gasteiger partial charge < -0.3 is 5.73 Å². The average molecular weight is 243 g/mol. The van der Waals surface area contributed by atoms with Crippen molar-refractivity contribution in [3.8, 4) is 0 Å². The predicted molar refractivity (Wildman–Crippen MR) is 51.6 cm³/mol. The van der Waals surface area contributed by atoms with Crippen molar-refractivity contribution in [2.75, 3.05) is 5.73 Å². The van der Waals surface area contributed by atoms with Crippen LogP contribution in [-0.2, 0) is 0 Å². The molecule has 1 aromatic carbocycles. The van der Waals surface area contributed by atoms with Crippen LogP contribution in [0.4, 0.5) is 5.69 Å². The van der Waals surface area contributed by atoms with Gasteiger partial charge in [-0.1, -0.05) is 15.9 Å². The Balaban J connectivity index is 0.000000810. The van der Waals surface area contributed by atoms with Gasteiger partial charge in [0.25, 0.3) is 0 Å². The van der Waals surface area contributed by atoms with E-state index in [0.29, 0.717) is 5.69 Å². The molecule has 0 aliphatic rings. The van der Waals surface area contributed by atoms with E-state index in [1.807, 2.05) is 18.2 Å². The molecule has 1 radical (unpaired) electrons. The molecule has 0 fully saturated rings. The van der Waals surface area contributed by atoms with Gasteiger partial charge in [-0.2, -0.15) is 0 Å². The van der Waals surface area contributed by atoms with Gasteiger partial charge in [0.1, 0.15) is 0 Å². The number of rotatable bonds is 0. The Morgan fingerprint density at radius 3 is 2.40 bits per heavy atom. The van der Waals surface area contributed by atoms with E-state index in [-0.39, 0.29) is 51.4 Å². The first-order valence-electron chi connectivity index (χ1n) is 2.44. The first-order chi connectivity index (χ1) is 4.20. The summed E-state index contributed by atoms with van der Waals surface area (Å²) in [6, 6.07) is 5.56. The zero-order valence-electron chi connectivity index (χ0n) is 5.63. The number of hydrogen-bond donors (Lipinski definition) is 2. The van der Waals surface area contributed by atoms with E-state index in [4.69, 9.17) is 5.73 Å². The van der Waals surface area contributed by atoms with Crippen LogP contribution in [0.15, 0.2) is 27.6 Å². The van der Waals surface area contributed by atoms with Gasteiger partial charge in [0.2, 0.25) is 0 Å². The fraction of sp³-hybridized carbons (Fsp3) is 0. The predicted octanol–water partition coefficient (Wildman–Crippen LogP) is 1.94. The van der Waals surface area contributed by atoms with Crippen LogP contribution in [0.1, 0.15) is 0 Å². The fourth-order valence-electron chi connectivity index (χ4n) is 0.517. The maximum atomic E-state index is 5.49. The van der Waals surface area contributed by atoms with Gasteiger partial charge in [0.05, 0.1) is 0 Å². The summed E-state index contributed by atoms with van der Waals surface area (Å²) in [5, 5.41) is 0. The standard InChI is InChI=1S/C6H6BrNS.K/c7-4-1-2-5(8)6(9)3-4;/h1-3,9H,8H2;. The van der Waals surface area contributed by atoms with Gasteiger partial charge in [0, 0.05) is 66.4 Å². The Kier molecular flexibility index (Phi) is 5.96. The van der Waals surface area contributed by atoms with Crippen LogP contribution in [0, 0.1) is 0 Å². The summed E-state index contributed by atoms with van der Waals surface area (Å²) in [4.78, 5) is 0.810. The molecule has 0 aliphatic heterocycles. The molecule has 4 heteroatoms. The van der Waals surface area contributed by atoms with Crippen molar-refractivity contribution in [2.45, 2.75) is 4.90 Å². The third-order valence-corrected chi connectivity index (χ3v) is 1.87. The molecule has 0 spiro atoms. The van der Waals surface area contributed by atoms with Crippen LogP contribution < -0.4 is 5.73 Å². The van der Waals surface area contributed by atoms with E-state index in [2.05, 4.69) is 28.6 Å². The van der Waals surface area contributed by atoms with Crippen molar-refractivity contribution < 1.29 is 0 Å². The van der Waals surface area contributed by atoms with Crippen molar-refractivity contribution in [3.05, 3.63) is 22.7 Å². The summed E-state index contributed by atoms with van der Waals surface area (Å²) in [6.07, 6.45) is 0. The maximum absolute atomic E-state index is 5.49. The van der Waals surface area contributed by atoms with Crippen LogP contribution in [-0.4, -0.2) is 51.4 Å². The first-order valence-corrected chi connectivity index (χ1v) is 3.68. The van der Waals surface area contributed by atoms with Crippen molar-refractivity contribution in [2.24, 2.45) is 0 Å². The van der Waals surface area contributed by atoms with Crippen LogP contribution in [0.5, 0.6) is 0 Å². The number of nitrogen functional groups attached to an aromatic ring is 1. The molecule has 49 valence electrons. The Labute approximate surface area is 117 Å². The largest absolute Gasteiger partial charge is 0.398 e. The Morgan fingerprint density at radius 2 is 2.00 bits per heavy atom. The van der Waals surface area contributed by atoms with Crippen LogP contribution in [0.25, 0.3) is 0 Å². The molecular formula is C6H6BrKNS. The monoisotopic (exact) mass is 242 g/mol. The minimum atomic E-state index is 0. The molecule has 0 aliphatic carbocycles. The first kappa shape index (κ1) is 11.5. The summed E-state index contributed by atoms with van der Waals surface area (Å²) < 4.78 is 1.00. The Bertz CT molecular complexity index is 229. The quantitative estimate of drug-likeness (QED) is 0.406. The molecule has 0 bridgehead atoms. The molecule has 1 rings (SSSR count). The van der Waals surface area contributed by atoms with Gasteiger partial charge >= 0.3 is 0 Å². The van der Waals surface area contributed by atoms with Crippen LogP contribution in [0.3, 0.4) is 0 Å². The molecule has 0 aromatic heterocycles. The SMILES string of the molecule is Nc1ccc(Br)cc1S.[K]. The molecule has 0 saturated carbocycles. The zero-order valence-corrected chi connectivity index (χ0v) is 11.2. The van der Waals surface area contributed by atoms with Gasteiger partial charge in [-0.3, -0.25) is 0 Å². The van der Waals surface area contributed by atoms with Crippen molar-refractivity contribution >= 4 is 85.6 Å². The molecule has 2 N–H and O–H groups in total. The molecular weight excluding hydrogens is 237 g/mol. The molecule has 0 saturated heterocycles. The van der Waals surface area contributed by atoms with E-state index >= 15 is 0 Å². The second-order valence-electron chi connectivity index (χ2n) is 1.70. The molecule has 10 heavy (non-hydrogen) atoms. The number of nitrogens with two attached hydrogens (primary N) is 1. The molecule has 1 nitrogen and oxygen atoms in total. The number of hydrogen-bond acceptors (Lipinski definition) is 2. The minimum Gasteiger partial charge on any atom is -0.398 e. The van der Waals surface area contributed by atoms with E-state index in [9.17, 15) is 0 Å². The molecule has 1 aromatic rings. The summed E-state index contributed by atoms with van der Waals surface area (Å²) in [5.74, 6) is 0. The van der Waals surface area contributed by atoms with Gasteiger partial charge in [-0.25, -0.2) is 0 Å². The Hall–Kier alpha value is 1.49. The fourth-order valence-corrected chi connectivity index (χ4v) is 1.27. The molecule has 0 atom stereocenters. The van der Waals surface area contributed by atoms with Crippen LogP contribution in [0.2, 0.25) is 0 Å². The molecule has 0 unspecified atom stereocenters. The van der Waals surface area contributed by atoms with Gasteiger partial charge in [-0.05, 0) is 18.2 Å². The third-order valence-electron chi connectivity index (χ3n) is 0.992. The average Bonchev–Trinajstić information content (AvgIpc) is 1.80. The van der Waals surface area contributed by atoms with E-state index < -0.39 is 0 Å². The topological polar surface area (TPSA) is 26.0 Å². The van der Waals surface area contributed by atoms with Gasteiger partial charge in [-0.15, -0.1) is 12.6 Å². The number of anilines is 1. The maximum Gasteiger partial charge on any atom is 0.0450 e. The summed E-state index contributed by atoms with van der Waals surface area (Å²) in [6.45, 7) is 0. The molecule has 0 heterocycles. The summed E-state index contributed by atoms with van der Waals surface area (Å²) >= 11 is 7.40. The number of thiol groups is 1. The van der Waals surface area contributed by atoms with E-state index in [0.717, 1.165) is 9.37 Å². The van der Waals surface area contributed by atoms with Crippen molar-refractivity contribution in [1.82, 2.24) is 0 Å². The van der Waals surface area contributed by atoms with Gasteiger partial charge in [0.15, 0.2) is 0 Å². The van der Waals surface area contributed by atoms with Crippen LogP contribution >= 0.6 is 28.6 Å². The van der Waals surface area contributed by atoms with E-state index in [1.54, 1.807) is 0 Å². The second kappa shape index (κ2) is 5.19. The van der Waals surface area contributed by atoms with E-state index in [1.165, 1.54) is 0 Å². The third kappa shape index (κ3) is 3.26. The second-order valence-corrected chi connectivity index (χ2v) is 3.10. The number of halogens is 1. The minimum absolute atomic E-state index is 0. The van der Waals surface area contributed by atoms with Crippen molar-refractivity contribution in [3.63, 3.8) is 0 Å². The Morgan fingerprint density at radius 1 is 1.40 bits per heavy atom. The van der Waals surface area contributed by atoms with Crippen molar-refractivity contribution in [1.29, 1.82) is 0 Å².